The fourth-order valence-corrected chi connectivity index (χ4v) is 1.68. The predicted molar refractivity (Wildman–Crippen MR) is 65.9 cm³/mol. The standard InChI is InChI=1S/C12H14N4O2/c1-8-3-2-4-9(13)11(8)12(17)14-6-5-10-15-7-16-18-10/h2-4,7H,5-6,13H2,1H3,(H,14,17). The van der Waals surface area contributed by atoms with Gasteiger partial charge in [-0.05, 0) is 18.6 Å². The van der Waals surface area contributed by atoms with Crippen LogP contribution in [-0.4, -0.2) is 22.6 Å². The van der Waals surface area contributed by atoms with E-state index in [9.17, 15) is 4.79 Å². The minimum absolute atomic E-state index is 0.190. The van der Waals surface area contributed by atoms with Crippen LogP contribution >= 0.6 is 0 Å². The van der Waals surface area contributed by atoms with E-state index in [1.54, 1.807) is 6.07 Å². The van der Waals surface area contributed by atoms with Crippen molar-refractivity contribution in [3.63, 3.8) is 0 Å². The summed E-state index contributed by atoms with van der Waals surface area (Å²) in [6.45, 7) is 2.28. The Balaban J connectivity index is 1.96. The second-order valence-corrected chi connectivity index (χ2v) is 3.88. The fourth-order valence-electron chi connectivity index (χ4n) is 1.68. The van der Waals surface area contributed by atoms with Crippen LogP contribution in [0.3, 0.4) is 0 Å². The lowest BCUT2D eigenvalue weighted by Crippen LogP contribution is -2.27. The summed E-state index contributed by atoms with van der Waals surface area (Å²) in [5, 5.41) is 6.26. The number of nitrogen functional groups attached to an aromatic ring is 1. The van der Waals surface area contributed by atoms with Crippen LogP contribution in [0.4, 0.5) is 5.69 Å². The van der Waals surface area contributed by atoms with Crippen LogP contribution in [0.2, 0.25) is 0 Å². The molecule has 0 atom stereocenters. The second-order valence-electron chi connectivity index (χ2n) is 3.88. The van der Waals surface area contributed by atoms with Gasteiger partial charge in [-0.2, -0.15) is 4.98 Å². The lowest BCUT2D eigenvalue weighted by molar-refractivity contribution is 0.0953. The maximum absolute atomic E-state index is 12.0. The minimum atomic E-state index is -0.190. The maximum atomic E-state index is 12.0. The van der Waals surface area contributed by atoms with Crippen molar-refractivity contribution in [2.75, 3.05) is 12.3 Å². The molecule has 6 heteroatoms. The molecule has 1 aromatic heterocycles. The van der Waals surface area contributed by atoms with Crippen molar-refractivity contribution in [1.82, 2.24) is 15.5 Å². The van der Waals surface area contributed by atoms with Crippen molar-refractivity contribution < 1.29 is 9.32 Å². The molecule has 0 radical (unpaired) electrons. The fraction of sp³-hybridized carbons (Fsp3) is 0.250. The Kier molecular flexibility index (Phi) is 3.57. The van der Waals surface area contributed by atoms with Gasteiger partial charge in [0, 0.05) is 18.7 Å². The third-order valence-electron chi connectivity index (χ3n) is 2.56. The summed E-state index contributed by atoms with van der Waals surface area (Å²) in [6, 6.07) is 5.38. The van der Waals surface area contributed by atoms with E-state index in [1.807, 2.05) is 19.1 Å². The highest BCUT2D eigenvalue weighted by atomic mass is 16.5. The minimum Gasteiger partial charge on any atom is -0.398 e. The highest BCUT2D eigenvalue weighted by Gasteiger charge is 2.12. The number of aryl methyl sites for hydroxylation is 1. The number of hydrogen-bond acceptors (Lipinski definition) is 5. The first-order valence-corrected chi connectivity index (χ1v) is 5.57. The average molecular weight is 246 g/mol. The zero-order valence-electron chi connectivity index (χ0n) is 10.0. The molecule has 0 saturated heterocycles. The Morgan fingerprint density at radius 3 is 3.00 bits per heavy atom. The molecule has 94 valence electrons. The molecule has 0 aliphatic carbocycles. The highest BCUT2D eigenvalue weighted by Crippen LogP contribution is 2.15. The summed E-state index contributed by atoms with van der Waals surface area (Å²) in [4.78, 5) is 15.8. The Bertz CT molecular complexity index is 517. The summed E-state index contributed by atoms with van der Waals surface area (Å²) >= 11 is 0. The third-order valence-corrected chi connectivity index (χ3v) is 2.56. The molecule has 2 rings (SSSR count). The van der Waals surface area contributed by atoms with Crippen LogP contribution in [0.1, 0.15) is 21.8 Å². The molecule has 0 saturated carbocycles. The molecule has 3 N–H and O–H groups in total. The van der Waals surface area contributed by atoms with Crippen molar-refractivity contribution in [3.05, 3.63) is 41.5 Å². The maximum Gasteiger partial charge on any atom is 0.253 e. The van der Waals surface area contributed by atoms with E-state index in [0.717, 1.165) is 5.56 Å². The largest absolute Gasteiger partial charge is 0.398 e. The Hall–Kier alpha value is -2.37. The van der Waals surface area contributed by atoms with Gasteiger partial charge >= 0.3 is 0 Å². The molecule has 1 heterocycles. The number of benzene rings is 1. The average Bonchev–Trinajstić information content (AvgIpc) is 2.82. The monoisotopic (exact) mass is 246 g/mol. The van der Waals surface area contributed by atoms with Gasteiger partial charge in [0.15, 0.2) is 6.33 Å². The van der Waals surface area contributed by atoms with E-state index in [4.69, 9.17) is 10.3 Å². The van der Waals surface area contributed by atoms with Gasteiger partial charge in [0.05, 0.1) is 5.56 Å². The van der Waals surface area contributed by atoms with Crippen LogP contribution < -0.4 is 11.1 Å². The first-order valence-electron chi connectivity index (χ1n) is 5.57. The molecule has 0 unspecified atom stereocenters. The molecular formula is C12H14N4O2. The van der Waals surface area contributed by atoms with E-state index in [1.165, 1.54) is 6.33 Å². The smallest absolute Gasteiger partial charge is 0.253 e. The molecule has 2 aromatic rings. The Morgan fingerprint density at radius 2 is 2.33 bits per heavy atom. The summed E-state index contributed by atoms with van der Waals surface area (Å²) in [5.41, 5.74) is 7.63. The van der Waals surface area contributed by atoms with Gasteiger partial charge in [-0.15, -0.1) is 0 Å². The van der Waals surface area contributed by atoms with Gasteiger partial charge in [0.2, 0.25) is 5.89 Å². The van der Waals surface area contributed by atoms with Gasteiger partial charge < -0.3 is 15.6 Å². The van der Waals surface area contributed by atoms with Crippen LogP contribution in [0.25, 0.3) is 0 Å². The van der Waals surface area contributed by atoms with E-state index in [-0.39, 0.29) is 5.91 Å². The molecule has 0 fully saturated rings. The zero-order valence-corrected chi connectivity index (χ0v) is 10.0. The van der Waals surface area contributed by atoms with Crippen LogP contribution in [-0.2, 0) is 6.42 Å². The van der Waals surface area contributed by atoms with E-state index >= 15 is 0 Å². The molecule has 1 amide bonds. The summed E-state index contributed by atoms with van der Waals surface area (Å²) in [7, 11) is 0. The number of hydrogen-bond donors (Lipinski definition) is 2. The molecule has 0 aliphatic heterocycles. The molecule has 0 bridgehead atoms. The van der Waals surface area contributed by atoms with Crippen molar-refractivity contribution in [3.8, 4) is 0 Å². The van der Waals surface area contributed by atoms with Crippen molar-refractivity contribution in [1.29, 1.82) is 0 Å². The van der Waals surface area contributed by atoms with Crippen molar-refractivity contribution in [2.24, 2.45) is 0 Å². The number of rotatable bonds is 4. The number of carbonyl (C=O) groups excluding carboxylic acids is 1. The number of nitrogens with zero attached hydrogens (tertiary/aromatic N) is 2. The van der Waals surface area contributed by atoms with E-state index in [2.05, 4.69) is 15.5 Å². The summed E-state index contributed by atoms with van der Waals surface area (Å²) in [5.74, 6) is 0.304. The first-order chi connectivity index (χ1) is 8.68. The lowest BCUT2D eigenvalue weighted by atomic mass is 10.1. The van der Waals surface area contributed by atoms with Crippen molar-refractivity contribution in [2.45, 2.75) is 13.3 Å². The first kappa shape index (κ1) is 12.1. The van der Waals surface area contributed by atoms with Gasteiger partial charge in [-0.25, -0.2) is 0 Å². The lowest BCUT2D eigenvalue weighted by Gasteiger charge is -2.09. The van der Waals surface area contributed by atoms with E-state index in [0.29, 0.717) is 30.1 Å². The number of nitrogens with one attached hydrogen (secondary N) is 1. The molecule has 18 heavy (non-hydrogen) atoms. The number of anilines is 1. The summed E-state index contributed by atoms with van der Waals surface area (Å²) in [6.07, 6.45) is 1.83. The molecular weight excluding hydrogens is 232 g/mol. The van der Waals surface area contributed by atoms with Crippen LogP contribution in [0, 0.1) is 6.92 Å². The van der Waals surface area contributed by atoms with Gasteiger partial charge in [-0.1, -0.05) is 17.3 Å². The van der Waals surface area contributed by atoms with Gasteiger partial charge in [0.25, 0.3) is 5.91 Å². The van der Waals surface area contributed by atoms with Gasteiger partial charge in [0.1, 0.15) is 0 Å². The Labute approximate surface area is 104 Å². The summed E-state index contributed by atoms with van der Waals surface area (Å²) < 4.78 is 4.83. The SMILES string of the molecule is Cc1cccc(N)c1C(=O)NCCc1ncno1. The molecule has 1 aromatic carbocycles. The van der Waals surface area contributed by atoms with Gasteiger partial charge in [-0.3, -0.25) is 4.79 Å². The molecule has 0 aliphatic rings. The quantitative estimate of drug-likeness (QED) is 0.783. The highest BCUT2D eigenvalue weighted by molar-refractivity contribution is 6.00. The predicted octanol–water partition coefficient (Wildman–Crippen LogP) is 0.933. The zero-order chi connectivity index (χ0) is 13.0. The van der Waals surface area contributed by atoms with Crippen LogP contribution in [0.5, 0.6) is 0 Å². The molecule has 6 nitrogen and oxygen atoms in total. The third kappa shape index (κ3) is 2.65. The number of nitrogens with two attached hydrogens (primary N) is 1. The number of amides is 1. The molecule has 0 spiro atoms. The Morgan fingerprint density at radius 1 is 1.50 bits per heavy atom. The van der Waals surface area contributed by atoms with Crippen molar-refractivity contribution >= 4 is 11.6 Å². The topological polar surface area (TPSA) is 94.0 Å². The second kappa shape index (κ2) is 5.31. The van der Waals surface area contributed by atoms with E-state index < -0.39 is 0 Å². The number of carbonyl (C=O) groups is 1. The normalized spacial score (nSPS) is 10.3. The van der Waals surface area contributed by atoms with Crippen LogP contribution in [0.15, 0.2) is 29.0 Å². The number of aromatic nitrogens is 2.